The minimum absolute atomic E-state index is 0.233. The van der Waals surface area contributed by atoms with Crippen molar-refractivity contribution in [3.8, 4) is 5.75 Å². The van der Waals surface area contributed by atoms with Gasteiger partial charge < -0.3 is 14.3 Å². The van der Waals surface area contributed by atoms with Crippen LogP contribution in [0.1, 0.15) is 26.7 Å². The second kappa shape index (κ2) is 6.22. The molecule has 0 aliphatic carbocycles. The third-order valence-electron chi connectivity index (χ3n) is 4.16. The molecule has 0 atom stereocenters. The van der Waals surface area contributed by atoms with Gasteiger partial charge in [0, 0.05) is 11.3 Å². The average molecular weight is 310 g/mol. The number of hydrogen-bond donors (Lipinski definition) is 1. The molecule has 0 radical (unpaired) electrons. The van der Waals surface area contributed by atoms with Crippen molar-refractivity contribution < 1.29 is 4.74 Å². The summed E-state index contributed by atoms with van der Waals surface area (Å²) in [4.78, 5) is 3.28. The van der Waals surface area contributed by atoms with E-state index in [1.165, 1.54) is 0 Å². The summed E-state index contributed by atoms with van der Waals surface area (Å²) >= 11 is 7.45. The van der Waals surface area contributed by atoms with Crippen LogP contribution in [-0.2, 0) is 6.54 Å². The van der Waals surface area contributed by atoms with Crippen molar-refractivity contribution in [2.24, 2.45) is 0 Å². The molecule has 1 aromatic heterocycles. The van der Waals surface area contributed by atoms with Crippen molar-refractivity contribution >= 4 is 35.0 Å². The summed E-state index contributed by atoms with van der Waals surface area (Å²) in [5, 5.41) is 0. The number of imidazole rings is 1. The number of ether oxygens (including phenoxy) is 1. The fraction of sp³-hybridized carbons (Fsp3) is 0.533. The van der Waals surface area contributed by atoms with Crippen LogP contribution in [0.5, 0.6) is 5.75 Å². The summed E-state index contributed by atoms with van der Waals surface area (Å²) in [5.74, 6) is 0.843. The number of aromatic amines is 1. The van der Waals surface area contributed by atoms with Crippen LogP contribution in [0.25, 0.3) is 11.0 Å². The average Bonchev–Trinajstić information content (AvgIpc) is 2.80. The highest BCUT2D eigenvalue weighted by atomic mass is 32.2. The van der Waals surface area contributed by atoms with E-state index in [-0.39, 0.29) is 4.75 Å². The molecule has 0 amide bonds. The molecule has 3 nitrogen and oxygen atoms in total. The molecule has 0 aliphatic heterocycles. The Balaban J connectivity index is 2.55. The van der Waals surface area contributed by atoms with E-state index in [9.17, 15) is 0 Å². The van der Waals surface area contributed by atoms with Crippen molar-refractivity contribution in [3.05, 3.63) is 23.0 Å². The fourth-order valence-electron chi connectivity index (χ4n) is 2.60. The third kappa shape index (κ3) is 2.61. The number of hydrogen-bond acceptors (Lipinski definition) is 3. The summed E-state index contributed by atoms with van der Waals surface area (Å²) in [6.45, 7) is 5.42. The second-order valence-corrected chi connectivity index (χ2v) is 6.63. The van der Waals surface area contributed by atoms with E-state index < -0.39 is 0 Å². The molecule has 0 fully saturated rings. The normalized spacial score (nSPS) is 12.0. The molecule has 110 valence electrons. The number of thioether (sulfide) groups is 1. The smallest absolute Gasteiger partial charge is 0.178 e. The van der Waals surface area contributed by atoms with E-state index in [0.717, 1.165) is 40.9 Å². The van der Waals surface area contributed by atoms with Crippen LogP contribution in [0.2, 0.25) is 0 Å². The van der Waals surface area contributed by atoms with Crippen LogP contribution in [0.4, 0.5) is 0 Å². The number of fused-ring (bicyclic) bond motifs is 1. The first kappa shape index (κ1) is 15.4. The van der Waals surface area contributed by atoms with Gasteiger partial charge in [0.05, 0.1) is 12.6 Å². The molecule has 1 N–H and O–H groups in total. The number of benzene rings is 1. The van der Waals surface area contributed by atoms with Crippen LogP contribution in [0.3, 0.4) is 0 Å². The first-order chi connectivity index (χ1) is 9.60. The van der Waals surface area contributed by atoms with E-state index in [2.05, 4.69) is 35.7 Å². The van der Waals surface area contributed by atoms with Gasteiger partial charge in [-0.1, -0.05) is 19.9 Å². The largest absolute Gasteiger partial charge is 0.494 e. The molecule has 0 unspecified atom stereocenters. The zero-order valence-corrected chi connectivity index (χ0v) is 14.2. The molecule has 1 aromatic carbocycles. The molecular formula is C15H22N2OS2. The highest BCUT2D eigenvalue weighted by Crippen LogP contribution is 2.34. The van der Waals surface area contributed by atoms with Gasteiger partial charge in [0.1, 0.15) is 11.3 Å². The van der Waals surface area contributed by atoms with Gasteiger partial charge in [-0.2, -0.15) is 11.8 Å². The van der Waals surface area contributed by atoms with E-state index in [1.54, 1.807) is 7.11 Å². The zero-order chi connectivity index (χ0) is 14.8. The lowest BCUT2D eigenvalue weighted by Crippen LogP contribution is -2.29. The Morgan fingerprint density at radius 3 is 2.60 bits per heavy atom. The third-order valence-corrected chi connectivity index (χ3v) is 6.05. The van der Waals surface area contributed by atoms with Crippen molar-refractivity contribution in [2.45, 2.75) is 38.0 Å². The Labute approximate surface area is 129 Å². The number of nitrogens with one attached hydrogen (secondary N) is 1. The second-order valence-electron chi connectivity index (χ2n) is 4.96. The van der Waals surface area contributed by atoms with Crippen LogP contribution >= 0.6 is 24.0 Å². The molecule has 0 saturated carbocycles. The van der Waals surface area contributed by atoms with Gasteiger partial charge in [-0.05, 0) is 43.4 Å². The molecular weight excluding hydrogens is 288 g/mol. The van der Waals surface area contributed by atoms with Crippen molar-refractivity contribution in [1.82, 2.24) is 9.55 Å². The fourth-order valence-corrected chi connectivity index (χ4v) is 3.70. The quantitative estimate of drug-likeness (QED) is 0.789. The number of rotatable bonds is 6. The van der Waals surface area contributed by atoms with Gasteiger partial charge in [0.2, 0.25) is 0 Å². The number of para-hydroxylation sites is 1. The molecule has 2 rings (SSSR count). The van der Waals surface area contributed by atoms with Gasteiger partial charge in [-0.25, -0.2) is 0 Å². The van der Waals surface area contributed by atoms with Crippen molar-refractivity contribution in [2.75, 3.05) is 13.4 Å². The molecule has 0 saturated heterocycles. The summed E-state index contributed by atoms with van der Waals surface area (Å²) in [7, 11) is 1.69. The van der Waals surface area contributed by atoms with Gasteiger partial charge in [0.15, 0.2) is 4.77 Å². The maximum absolute atomic E-state index is 5.51. The van der Waals surface area contributed by atoms with Gasteiger partial charge >= 0.3 is 0 Å². The Morgan fingerprint density at radius 2 is 2.05 bits per heavy atom. The Morgan fingerprint density at radius 1 is 1.35 bits per heavy atom. The minimum atomic E-state index is 0.233. The summed E-state index contributed by atoms with van der Waals surface area (Å²) in [6.07, 6.45) is 4.44. The van der Waals surface area contributed by atoms with E-state index in [0.29, 0.717) is 0 Å². The maximum Gasteiger partial charge on any atom is 0.178 e. The molecule has 2 aromatic rings. The van der Waals surface area contributed by atoms with E-state index in [4.69, 9.17) is 17.0 Å². The van der Waals surface area contributed by atoms with E-state index >= 15 is 0 Å². The number of H-pyrrole nitrogens is 1. The van der Waals surface area contributed by atoms with Crippen molar-refractivity contribution in [1.29, 1.82) is 0 Å². The number of nitrogens with zero attached hydrogens (tertiary/aromatic N) is 1. The van der Waals surface area contributed by atoms with Gasteiger partial charge in [-0.3, -0.25) is 0 Å². The number of aromatic nitrogens is 2. The van der Waals surface area contributed by atoms with Crippen LogP contribution in [-0.4, -0.2) is 27.7 Å². The molecule has 0 bridgehead atoms. The molecule has 0 spiro atoms. The summed E-state index contributed by atoms with van der Waals surface area (Å²) in [5.41, 5.74) is 2.11. The SMILES string of the molecule is CCC(CC)(Cn1c(=S)[nH]c2c(OC)cccc21)SC. The molecule has 0 aliphatic rings. The minimum Gasteiger partial charge on any atom is -0.494 e. The van der Waals surface area contributed by atoms with Gasteiger partial charge in [-0.15, -0.1) is 0 Å². The lowest BCUT2D eigenvalue weighted by Gasteiger charge is -2.30. The van der Waals surface area contributed by atoms with Gasteiger partial charge in [0.25, 0.3) is 0 Å². The summed E-state index contributed by atoms with van der Waals surface area (Å²) in [6, 6.07) is 6.07. The topological polar surface area (TPSA) is 29.9 Å². The molecule has 1 heterocycles. The van der Waals surface area contributed by atoms with Crippen LogP contribution in [0, 0.1) is 4.77 Å². The highest BCUT2D eigenvalue weighted by molar-refractivity contribution is 8.00. The van der Waals surface area contributed by atoms with Crippen LogP contribution < -0.4 is 4.74 Å². The first-order valence-corrected chi connectivity index (χ1v) is 8.54. The summed E-state index contributed by atoms with van der Waals surface area (Å²) < 4.78 is 8.61. The predicted molar refractivity (Wildman–Crippen MR) is 90.5 cm³/mol. The first-order valence-electron chi connectivity index (χ1n) is 6.91. The zero-order valence-electron chi connectivity index (χ0n) is 12.5. The van der Waals surface area contributed by atoms with Crippen molar-refractivity contribution in [3.63, 3.8) is 0 Å². The molecule has 5 heteroatoms. The Hall–Kier alpha value is -0.940. The maximum atomic E-state index is 5.51. The predicted octanol–water partition coefficient (Wildman–Crippen LogP) is 4.63. The monoisotopic (exact) mass is 310 g/mol. The Bertz CT molecular complexity index is 633. The number of methoxy groups -OCH3 is 1. The standard InChI is InChI=1S/C15H22N2OS2/c1-5-15(6-2,20-4)10-17-11-8-7-9-12(18-3)13(11)16-14(17)19/h7-9H,5-6,10H2,1-4H3,(H,16,19). The highest BCUT2D eigenvalue weighted by Gasteiger charge is 2.26. The van der Waals surface area contributed by atoms with Crippen LogP contribution in [0.15, 0.2) is 18.2 Å². The Kier molecular flexibility index (Phi) is 4.81. The van der Waals surface area contributed by atoms with E-state index in [1.807, 2.05) is 23.9 Å². The lowest BCUT2D eigenvalue weighted by atomic mass is 10.0. The molecule has 20 heavy (non-hydrogen) atoms. The lowest BCUT2D eigenvalue weighted by molar-refractivity contribution is 0.419.